The summed E-state index contributed by atoms with van der Waals surface area (Å²) in [7, 11) is 3.79. The number of rotatable bonds is 7. The summed E-state index contributed by atoms with van der Waals surface area (Å²) in [6.07, 6.45) is -1.46. The van der Waals surface area contributed by atoms with Crippen molar-refractivity contribution in [3.8, 4) is 0 Å². The van der Waals surface area contributed by atoms with Crippen molar-refractivity contribution in [2.45, 2.75) is 149 Å². The van der Waals surface area contributed by atoms with Gasteiger partial charge in [-0.25, -0.2) is 0 Å². The van der Waals surface area contributed by atoms with Gasteiger partial charge >= 0.3 is 5.97 Å². The first kappa shape index (κ1) is 43.7. The minimum Gasteiger partial charge on any atom is -0.459 e. The van der Waals surface area contributed by atoms with E-state index in [1.54, 1.807) is 19.9 Å². The van der Waals surface area contributed by atoms with Crippen LogP contribution in [0.3, 0.4) is 0 Å². The number of nitrogens with two attached hydrogens (primary N) is 1. The van der Waals surface area contributed by atoms with Crippen LogP contribution in [0.4, 0.5) is 6.01 Å². The highest BCUT2D eigenvalue weighted by atomic mass is 16.7. The van der Waals surface area contributed by atoms with Crippen LogP contribution in [0.15, 0.2) is 27.8 Å². The van der Waals surface area contributed by atoms with Gasteiger partial charge in [-0.2, -0.15) is 4.98 Å². The predicted octanol–water partition coefficient (Wildman–Crippen LogP) is 5.45. The summed E-state index contributed by atoms with van der Waals surface area (Å²) in [4.78, 5) is 54.9. The summed E-state index contributed by atoms with van der Waals surface area (Å²) in [5.74, 6) is -4.98. The van der Waals surface area contributed by atoms with Crippen molar-refractivity contribution >= 4 is 40.4 Å². The van der Waals surface area contributed by atoms with Crippen molar-refractivity contribution in [3.05, 3.63) is 23.8 Å². The van der Waals surface area contributed by atoms with Crippen LogP contribution in [0, 0.1) is 35.0 Å². The Labute approximate surface area is 330 Å². The molecule has 1 aromatic heterocycles. The molecule has 0 spiro atoms. The first-order valence-electron chi connectivity index (χ1n) is 20.3. The van der Waals surface area contributed by atoms with E-state index in [-0.39, 0.29) is 37.0 Å². The van der Waals surface area contributed by atoms with Gasteiger partial charge in [-0.1, -0.05) is 45.8 Å². The van der Waals surface area contributed by atoms with Gasteiger partial charge in [-0.05, 0) is 103 Å². The van der Waals surface area contributed by atoms with Gasteiger partial charge in [0.05, 0.1) is 17.9 Å². The number of esters is 1. The summed E-state index contributed by atoms with van der Waals surface area (Å²) in [6, 6.07) is 5.26. The maximum absolute atomic E-state index is 14.5. The van der Waals surface area contributed by atoms with Gasteiger partial charge in [0.25, 0.3) is 6.01 Å². The van der Waals surface area contributed by atoms with Gasteiger partial charge in [0, 0.05) is 29.7 Å². The molecule has 14 heteroatoms. The molecule has 3 aliphatic rings. The fraction of sp³-hybridized carbons (Fsp3) is 0.738. The fourth-order valence-electron chi connectivity index (χ4n) is 9.54. The molecule has 2 aliphatic heterocycles. The molecule has 0 amide bonds. The van der Waals surface area contributed by atoms with Gasteiger partial charge in [-0.15, -0.1) is 0 Å². The zero-order valence-electron chi connectivity index (χ0n) is 34.8. The van der Waals surface area contributed by atoms with E-state index < -0.39 is 77.0 Å². The number of ether oxygens (including phenoxy) is 3. The highest BCUT2D eigenvalue weighted by molar-refractivity contribution is 6.00. The van der Waals surface area contributed by atoms with Crippen molar-refractivity contribution in [1.82, 2.24) is 9.88 Å². The molecular formula is C42H64N4O10. The van der Waals surface area contributed by atoms with Gasteiger partial charge in [0.15, 0.2) is 17.7 Å². The minimum absolute atomic E-state index is 0.0402. The van der Waals surface area contributed by atoms with Crippen LogP contribution in [0.5, 0.6) is 0 Å². The summed E-state index contributed by atoms with van der Waals surface area (Å²) >= 11 is 0. The molecule has 0 radical (unpaired) electrons. The number of fused-ring (bicyclic) bond motifs is 6. The first-order valence-corrected chi connectivity index (χ1v) is 20.3. The number of Topliss-reactive ketones (excluding diaryl/α,β-unsaturated/α-hetero) is 2. The summed E-state index contributed by atoms with van der Waals surface area (Å²) in [5.41, 5.74) is 5.93. The topological polar surface area (TPSA) is 196 Å². The number of aliphatic hydroxyl groups is 2. The van der Waals surface area contributed by atoms with E-state index in [1.807, 2.05) is 65.7 Å². The number of benzene rings is 1. The Morgan fingerprint density at radius 3 is 2.45 bits per heavy atom. The summed E-state index contributed by atoms with van der Waals surface area (Å²) < 4.78 is 24.5. The standard InChI is InChI=1S/C42H64N4O10/c1-11-33-42(8,51)29-14-13-28(45-52-21-27-12-15-32-30(19-27)44-40(43)54-32)16-17-41(7,20-22(2)34(47)24(29)4)37(25(5)35(48)26(6)38(50)55-33)56-39-36(49)31(46(9)10)18-23(3)53-39/h12,15,19,22-26,29,31,33,36-37,39,49,51H,11,13-14,16-18,20-21H2,1-10H3,(H2,43,44)/b45-28+/t22-,23-,24-,25+,26-,29-,31+,33-,36-,37-,39+,41-,42+/m1/s1. The zero-order chi connectivity index (χ0) is 41.3. The number of hydrogen-bond acceptors (Lipinski definition) is 14. The number of oxazole rings is 1. The van der Waals surface area contributed by atoms with E-state index in [0.29, 0.717) is 55.3 Å². The molecule has 312 valence electrons. The van der Waals surface area contributed by atoms with Gasteiger partial charge in [0.1, 0.15) is 41.6 Å². The van der Waals surface area contributed by atoms with Crippen molar-refractivity contribution in [2.24, 2.45) is 40.2 Å². The average Bonchev–Trinajstić information content (AvgIpc) is 3.52. The van der Waals surface area contributed by atoms with E-state index in [1.165, 1.54) is 6.92 Å². The number of hydrogen-bond donors (Lipinski definition) is 3. The SMILES string of the molecule is CC[C@H]1OC(=O)[C@H](C)C(=O)[C@H](C)[C@@H](O[C@@H]2O[C@H](C)C[C@H](N(C)C)[C@H]2O)[C@]2(C)CC/C(=N/OCc3ccc4oc(N)nc4c3)CC[C@H]([C@@H](C)C(=O)[C@H](C)C2)[C@]1(C)O. The zero-order valence-corrected chi connectivity index (χ0v) is 34.8. The number of cyclic esters (lactones) is 1. The molecule has 3 heterocycles. The van der Waals surface area contributed by atoms with Crippen LogP contribution in [0.25, 0.3) is 11.1 Å². The highest BCUT2D eigenvalue weighted by Crippen LogP contribution is 2.46. The number of anilines is 1. The monoisotopic (exact) mass is 784 g/mol. The Morgan fingerprint density at radius 1 is 1.05 bits per heavy atom. The van der Waals surface area contributed by atoms with Gasteiger partial charge < -0.3 is 44.3 Å². The van der Waals surface area contributed by atoms with E-state index in [4.69, 9.17) is 29.2 Å². The Balaban J connectivity index is 1.60. The Bertz CT molecular complexity index is 1740. The number of carbonyl (C=O) groups excluding carboxylic acids is 3. The molecule has 2 aromatic rings. The molecule has 1 saturated carbocycles. The Morgan fingerprint density at radius 2 is 1.77 bits per heavy atom. The van der Waals surface area contributed by atoms with Crippen LogP contribution < -0.4 is 5.73 Å². The van der Waals surface area contributed by atoms with Crippen molar-refractivity contribution in [2.75, 3.05) is 19.8 Å². The fourth-order valence-corrected chi connectivity index (χ4v) is 9.54. The number of ketones is 2. The number of aromatic nitrogens is 1. The molecule has 5 rings (SSSR count). The highest BCUT2D eigenvalue weighted by Gasteiger charge is 2.52. The normalized spacial score (nSPS) is 38.9. The molecule has 1 aromatic carbocycles. The molecule has 4 N–H and O–H groups in total. The van der Waals surface area contributed by atoms with E-state index in [2.05, 4.69) is 10.1 Å². The van der Waals surface area contributed by atoms with Crippen molar-refractivity contribution in [3.63, 3.8) is 0 Å². The smallest absolute Gasteiger partial charge is 0.316 e. The molecule has 56 heavy (non-hydrogen) atoms. The minimum atomic E-state index is -1.62. The van der Waals surface area contributed by atoms with E-state index >= 15 is 0 Å². The predicted molar refractivity (Wildman–Crippen MR) is 210 cm³/mol. The average molecular weight is 785 g/mol. The number of likely N-dealkylation sites (N-methyl/N-ethyl adjacent to an activating group) is 1. The van der Waals surface area contributed by atoms with E-state index in [0.717, 1.165) is 5.56 Å². The van der Waals surface area contributed by atoms with E-state index in [9.17, 15) is 24.6 Å². The second-order valence-electron chi connectivity index (χ2n) is 17.5. The molecule has 2 saturated heterocycles. The largest absolute Gasteiger partial charge is 0.459 e. The lowest BCUT2D eigenvalue weighted by Crippen LogP contribution is -2.57. The second-order valence-corrected chi connectivity index (χ2v) is 17.5. The number of carbonyl (C=O) groups is 3. The molecule has 13 atom stereocenters. The van der Waals surface area contributed by atoms with Crippen molar-refractivity contribution < 1.29 is 48.1 Å². The number of nitrogens with zero attached hydrogens (tertiary/aromatic N) is 3. The third kappa shape index (κ3) is 9.30. The lowest BCUT2D eigenvalue weighted by molar-refractivity contribution is -0.286. The maximum atomic E-state index is 14.5. The van der Waals surface area contributed by atoms with Gasteiger partial charge in [0.2, 0.25) is 0 Å². The Kier molecular flexibility index (Phi) is 13.7. The van der Waals surface area contributed by atoms with Crippen LogP contribution >= 0.6 is 0 Å². The molecule has 2 bridgehead atoms. The molecule has 1 aliphatic carbocycles. The molecule has 3 fully saturated rings. The van der Waals surface area contributed by atoms with Crippen LogP contribution in [-0.4, -0.2) is 99.8 Å². The summed E-state index contributed by atoms with van der Waals surface area (Å²) in [5, 5.41) is 28.6. The third-order valence-electron chi connectivity index (χ3n) is 12.9. The molecular weight excluding hydrogens is 720 g/mol. The van der Waals surface area contributed by atoms with Crippen LogP contribution in [-0.2, 0) is 40.0 Å². The molecule has 14 nitrogen and oxygen atoms in total. The number of aliphatic hydroxyl groups excluding tert-OH is 1. The molecule has 0 unspecified atom stereocenters. The lowest BCUT2D eigenvalue weighted by Gasteiger charge is -2.48. The van der Waals surface area contributed by atoms with Crippen LogP contribution in [0.2, 0.25) is 0 Å². The second kappa shape index (κ2) is 17.6. The van der Waals surface area contributed by atoms with Gasteiger partial charge in [-0.3, -0.25) is 14.4 Å². The van der Waals surface area contributed by atoms with Crippen molar-refractivity contribution in [1.29, 1.82) is 0 Å². The lowest BCUT2D eigenvalue weighted by atomic mass is 9.66. The number of oxime groups is 1. The Hall–Kier alpha value is -3.43. The maximum Gasteiger partial charge on any atom is 0.316 e. The van der Waals surface area contributed by atoms with Crippen LogP contribution in [0.1, 0.15) is 106 Å². The quantitative estimate of drug-likeness (QED) is 0.182. The number of nitrogen functional groups attached to an aromatic ring is 1. The first-order chi connectivity index (χ1) is 26.3. The summed E-state index contributed by atoms with van der Waals surface area (Å²) in [6.45, 7) is 14.5. The third-order valence-corrected chi connectivity index (χ3v) is 12.9.